The van der Waals surface area contributed by atoms with Crippen LogP contribution in [0.25, 0.3) is 6.08 Å². The van der Waals surface area contributed by atoms with Crippen LogP contribution < -0.4 is 9.47 Å². The van der Waals surface area contributed by atoms with E-state index in [1.165, 1.54) is 6.08 Å². The second kappa shape index (κ2) is 8.82. The molecular weight excluding hydrogens is 352 g/mol. The van der Waals surface area contributed by atoms with Gasteiger partial charge in [-0.3, -0.25) is 4.79 Å². The van der Waals surface area contributed by atoms with Crippen molar-refractivity contribution in [2.45, 2.75) is 6.92 Å². The molecule has 0 spiro atoms. The lowest BCUT2D eigenvalue weighted by atomic mass is 10.1. The van der Waals surface area contributed by atoms with Gasteiger partial charge in [-0.15, -0.1) is 0 Å². The number of allylic oxidation sites excluding steroid dienone is 1. The Labute approximate surface area is 164 Å². The second-order valence-electron chi connectivity index (χ2n) is 6.25. The molecule has 0 aliphatic rings. The van der Waals surface area contributed by atoms with Gasteiger partial charge in [0.05, 0.1) is 12.7 Å². The summed E-state index contributed by atoms with van der Waals surface area (Å²) in [5, 5.41) is 0. The van der Waals surface area contributed by atoms with Crippen LogP contribution in [0.5, 0.6) is 11.5 Å². The fourth-order valence-electron chi connectivity index (χ4n) is 2.56. The Kier molecular flexibility index (Phi) is 6.02. The van der Waals surface area contributed by atoms with E-state index in [4.69, 9.17) is 9.47 Å². The van der Waals surface area contributed by atoms with Gasteiger partial charge in [0, 0.05) is 5.56 Å². The Morgan fingerprint density at radius 2 is 1.50 bits per heavy atom. The van der Waals surface area contributed by atoms with E-state index in [1.54, 1.807) is 67.8 Å². The summed E-state index contributed by atoms with van der Waals surface area (Å²) in [5.74, 6) is 0.577. The number of aryl methyl sites for hydroxylation is 1. The maximum atomic E-state index is 12.3. The summed E-state index contributed by atoms with van der Waals surface area (Å²) in [5.41, 5.74) is 2.89. The van der Waals surface area contributed by atoms with Gasteiger partial charge in [0.15, 0.2) is 5.78 Å². The van der Waals surface area contributed by atoms with Crippen LogP contribution in [0.3, 0.4) is 0 Å². The Balaban J connectivity index is 1.68. The number of carbonyl (C=O) groups excluding carboxylic acids is 2. The average molecular weight is 372 g/mol. The highest BCUT2D eigenvalue weighted by Crippen LogP contribution is 2.17. The van der Waals surface area contributed by atoms with E-state index in [0.717, 1.165) is 11.1 Å². The lowest BCUT2D eigenvalue weighted by molar-refractivity contribution is 0.0734. The van der Waals surface area contributed by atoms with E-state index < -0.39 is 5.97 Å². The first-order valence-corrected chi connectivity index (χ1v) is 8.80. The number of esters is 1. The number of rotatable bonds is 6. The van der Waals surface area contributed by atoms with Crippen molar-refractivity contribution < 1.29 is 19.1 Å². The molecule has 0 fully saturated rings. The van der Waals surface area contributed by atoms with Crippen LogP contribution in [-0.2, 0) is 0 Å². The third-order valence-electron chi connectivity index (χ3n) is 4.16. The van der Waals surface area contributed by atoms with Crippen LogP contribution in [0.4, 0.5) is 0 Å². The van der Waals surface area contributed by atoms with Gasteiger partial charge in [0.25, 0.3) is 0 Å². The summed E-state index contributed by atoms with van der Waals surface area (Å²) >= 11 is 0. The van der Waals surface area contributed by atoms with Crippen LogP contribution in [0, 0.1) is 6.92 Å². The lowest BCUT2D eigenvalue weighted by Crippen LogP contribution is -2.08. The molecule has 0 bridgehead atoms. The normalized spacial score (nSPS) is 10.6. The van der Waals surface area contributed by atoms with E-state index in [1.807, 2.05) is 25.1 Å². The third kappa shape index (κ3) is 4.95. The zero-order chi connectivity index (χ0) is 19.9. The molecule has 0 N–H and O–H groups in total. The van der Waals surface area contributed by atoms with E-state index >= 15 is 0 Å². The molecule has 0 aromatic heterocycles. The molecule has 140 valence electrons. The highest BCUT2D eigenvalue weighted by Gasteiger charge is 2.08. The van der Waals surface area contributed by atoms with Crippen molar-refractivity contribution in [3.8, 4) is 11.5 Å². The monoisotopic (exact) mass is 372 g/mol. The van der Waals surface area contributed by atoms with Crippen LogP contribution in [0.2, 0.25) is 0 Å². The minimum atomic E-state index is -0.421. The van der Waals surface area contributed by atoms with Crippen molar-refractivity contribution in [1.29, 1.82) is 0 Å². The first-order valence-electron chi connectivity index (χ1n) is 8.80. The summed E-state index contributed by atoms with van der Waals surface area (Å²) < 4.78 is 10.5. The molecule has 0 atom stereocenters. The first-order chi connectivity index (χ1) is 13.5. The van der Waals surface area contributed by atoms with Gasteiger partial charge in [0.2, 0.25) is 0 Å². The molecule has 0 heterocycles. The fraction of sp³-hybridized carbons (Fsp3) is 0.0833. The number of hydrogen-bond acceptors (Lipinski definition) is 4. The SMILES string of the molecule is COc1ccc(C(=O)/C=C/c2cccc(OC(=O)c3ccc(C)cc3)c2)cc1. The Hall–Kier alpha value is -3.66. The average Bonchev–Trinajstić information content (AvgIpc) is 2.73. The minimum Gasteiger partial charge on any atom is -0.497 e. The zero-order valence-corrected chi connectivity index (χ0v) is 15.7. The van der Waals surface area contributed by atoms with Crippen LogP contribution in [-0.4, -0.2) is 18.9 Å². The topological polar surface area (TPSA) is 52.6 Å². The smallest absolute Gasteiger partial charge is 0.343 e. The Morgan fingerprint density at radius 1 is 0.821 bits per heavy atom. The van der Waals surface area contributed by atoms with Gasteiger partial charge in [0.1, 0.15) is 11.5 Å². The number of benzene rings is 3. The Morgan fingerprint density at radius 3 is 2.18 bits per heavy atom. The van der Waals surface area contributed by atoms with Gasteiger partial charge >= 0.3 is 5.97 Å². The summed E-state index contributed by atoms with van der Waals surface area (Å²) in [6.45, 7) is 1.96. The van der Waals surface area contributed by atoms with E-state index in [2.05, 4.69) is 0 Å². The Bertz CT molecular complexity index is 1000. The molecule has 0 unspecified atom stereocenters. The number of carbonyl (C=O) groups is 2. The van der Waals surface area contributed by atoms with Crippen molar-refractivity contribution in [2.75, 3.05) is 7.11 Å². The summed E-state index contributed by atoms with van der Waals surface area (Å²) in [6.07, 6.45) is 3.18. The predicted molar refractivity (Wildman–Crippen MR) is 109 cm³/mol. The molecule has 0 aliphatic heterocycles. The maximum Gasteiger partial charge on any atom is 0.343 e. The van der Waals surface area contributed by atoms with Crippen LogP contribution >= 0.6 is 0 Å². The van der Waals surface area contributed by atoms with Crippen molar-refractivity contribution >= 4 is 17.8 Å². The molecular formula is C24H20O4. The highest BCUT2D eigenvalue weighted by atomic mass is 16.5. The summed E-state index contributed by atoms with van der Waals surface area (Å²) in [4.78, 5) is 24.5. The molecule has 3 rings (SSSR count). The summed E-state index contributed by atoms with van der Waals surface area (Å²) in [7, 11) is 1.58. The standard InChI is InChI=1S/C24H20O4/c1-17-6-9-20(10-7-17)24(26)28-22-5-3-4-18(16-22)8-15-23(25)19-11-13-21(27-2)14-12-19/h3-16H,1-2H3/b15-8+. The van der Waals surface area contributed by atoms with Gasteiger partial charge in [-0.1, -0.05) is 35.9 Å². The zero-order valence-electron chi connectivity index (χ0n) is 15.7. The fourth-order valence-corrected chi connectivity index (χ4v) is 2.56. The predicted octanol–water partition coefficient (Wildman–Crippen LogP) is 5.12. The molecule has 0 amide bonds. The summed E-state index contributed by atoms with van der Waals surface area (Å²) in [6, 6.07) is 21.1. The number of ketones is 1. The van der Waals surface area contributed by atoms with Gasteiger partial charge in [-0.2, -0.15) is 0 Å². The number of methoxy groups -OCH3 is 1. The van der Waals surface area contributed by atoms with Gasteiger partial charge in [-0.25, -0.2) is 4.79 Å². The molecule has 3 aromatic rings. The minimum absolute atomic E-state index is 0.121. The van der Waals surface area contributed by atoms with Crippen molar-refractivity contribution in [2.24, 2.45) is 0 Å². The largest absolute Gasteiger partial charge is 0.497 e. The molecule has 0 saturated heterocycles. The van der Waals surface area contributed by atoms with E-state index in [9.17, 15) is 9.59 Å². The van der Waals surface area contributed by atoms with Crippen molar-refractivity contribution in [3.05, 3.63) is 101 Å². The number of ether oxygens (including phenoxy) is 2. The van der Waals surface area contributed by atoms with Crippen LogP contribution in [0.1, 0.15) is 31.8 Å². The molecule has 0 aliphatic carbocycles. The maximum absolute atomic E-state index is 12.3. The highest BCUT2D eigenvalue weighted by molar-refractivity contribution is 6.06. The molecule has 3 aromatic carbocycles. The van der Waals surface area contributed by atoms with Crippen LogP contribution in [0.15, 0.2) is 78.9 Å². The van der Waals surface area contributed by atoms with Gasteiger partial charge < -0.3 is 9.47 Å². The molecule has 4 nitrogen and oxygen atoms in total. The molecule has 28 heavy (non-hydrogen) atoms. The number of hydrogen-bond donors (Lipinski definition) is 0. The molecule has 4 heteroatoms. The quantitative estimate of drug-likeness (QED) is 0.261. The van der Waals surface area contributed by atoms with E-state index in [0.29, 0.717) is 22.6 Å². The lowest BCUT2D eigenvalue weighted by Gasteiger charge is -2.05. The van der Waals surface area contributed by atoms with Gasteiger partial charge in [-0.05, 0) is 67.1 Å². The van der Waals surface area contributed by atoms with Crippen molar-refractivity contribution in [3.63, 3.8) is 0 Å². The molecule has 0 saturated carbocycles. The molecule has 0 radical (unpaired) electrons. The first kappa shape index (κ1) is 19.1. The third-order valence-corrected chi connectivity index (χ3v) is 4.16. The van der Waals surface area contributed by atoms with Crippen molar-refractivity contribution in [1.82, 2.24) is 0 Å². The second-order valence-corrected chi connectivity index (χ2v) is 6.25. The van der Waals surface area contributed by atoms with E-state index in [-0.39, 0.29) is 5.78 Å².